The number of fused-ring (bicyclic) bond motifs is 1. The topological polar surface area (TPSA) is 54.2 Å². The maximum atomic E-state index is 5.34. The molecule has 0 amide bonds. The fourth-order valence-electron chi connectivity index (χ4n) is 3.33. The molecule has 2 heterocycles. The van der Waals surface area contributed by atoms with Gasteiger partial charge in [-0.1, -0.05) is 31.1 Å². The summed E-state index contributed by atoms with van der Waals surface area (Å²) in [4.78, 5) is 7.05. The van der Waals surface area contributed by atoms with E-state index < -0.39 is 0 Å². The Morgan fingerprint density at radius 2 is 2.08 bits per heavy atom. The molecule has 1 aliphatic heterocycles. The van der Waals surface area contributed by atoms with Crippen molar-refractivity contribution in [3.63, 3.8) is 0 Å². The zero-order valence-corrected chi connectivity index (χ0v) is 14.7. The van der Waals surface area contributed by atoms with Crippen LogP contribution < -0.4 is 5.32 Å². The summed E-state index contributed by atoms with van der Waals surface area (Å²) in [5.41, 5.74) is 4.04. The van der Waals surface area contributed by atoms with Gasteiger partial charge >= 0.3 is 0 Å². The van der Waals surface area contributed by atoms with Crippen LogP contribution >= 0.6 is 0 Å². The molecule has 5 heteroatoms. The van der Waals surface area contributed by atoms with Gasteiger partial charge < -0.3 is 9.84 Å². The largest absolute Gasteiger partial charge is 0.377 e. The van der Waals surface area contributed by atoms with Crippen LogP contribution in [-0.4, -0.2) is 21.1 Å². The van der Waals surface area contributed by atoms with E-state index in [9.17, 15) is 0 Å². The molecule has 5 nitrogen and oxygen atoms in total. The Morgan fingerprint density at radius 3 is 2.83 bits per heavy atom. The second-order valence-corrected chi connectivity index (χ2v) is 7.51. The number of aromatic nitrogens is 2. The van der Waals surface area contributed by atoms with Gasteiger partial charge in [0.05, 0.1) is 6.54 Å². The quantitative estimate of drug-likeness (QED) is 0.872. The second-order valence-electron chi connectivity index (χ2n) is 7.51. The van der Waals surface area contributed by atoms with Crippen LogP contribution in [0.2, 0.25) is 0 Å². The summed E-state index contributed by atoms with van der Waals surface area (Å²) in [6.07, 6.45) is 2.37. The average molecular weight is 326 g/mol. The van der Waals surface area contributed by atoms with Crippen LogP contribution in [-0.2, 0) is 19.6 Å². The molecule has 0 saturated heterocycles. The van der Waals surface area contributed by atoms with Gasteiger partial charge in [0.15, 0.2) is 5.82 Å². The van der Waals surface area contributed by atoms with Gasteiger partial charge in [-0.2, -0.15) is 4.98 Å². The van der Waals surface area contributed by atoms with Crippen molar-refractivity contribution in [3.8, 4) is 0 Å². The Labute approximate surface area is 143 Å². The molecule has 24 heavy (non-hydrogen) atoms. The van der Waals surface area contributed by atoms with Crippen molar-refractivity contribution in [1.29, 1.82) is 0 Å². The molecule has 1 aromatic carbocycles. The van der Waals surface area contributed by atoms with Crippen LogP contribution in [0, 0.1) is 5.92 Å². The maximum Gasteiger partial charge on any atom is 0.229 e. The lowest BCUT2D eigenvalue weighted by molar-refractivity contribution is 0.170. The summed E-state index contributed by atoms with van der Waals surface area (Å²) < 4.78 is 5.34. The van der Waals surface area contributed by atoms with E-state index in [0.717, 1.165) is 24.8 Å². The third-order valence-corrected chi connectivity index (χ3v) is 5.40. The van der Waals surface area contributed by atoms with Crippen molar-refractivity contribution >= 4 is 5.69 Å². The van der Waals surface area contributed by atoms with Gasteiger partial charge in [-0.05, 0) is 42.9 Å². The first-order valence-corrected chi connectivity index (χ1v) is 9.03. The predicted molar refractivity (Wildman–Crippen MR) is 93.6 cm³/mol. The van der Waals surface area contributed by atoms with E-state index in [-0.39, 0.29) is 0 Å². The van der Waals surface area contributed by atoms with Crippen molar-refractivity contribution < 1.29 is 4.52 Å². The van der Waals surface area contributed by atoms with Gasteiger partial charge in [0.1, 0.15) is 0 Å². The SMILES string of the molecule is CC(C)[C@H](C)N1Cc2cccc(NCc3noc(C4CC4)n3)c2C1. The summed E-state index contributed by atoms with van der Waals surface area (Å²) in [5.74, 6) is 2.73. The molecule has 1 saturated carbocycles. The number of rotatable bonds is 6. The normalized spacial score (nSPS) is 18.8. The predicted octanol–water partition coefficient (Wildman–Crippen LogP) is 3.92. The number of nitrogens with zero attached hydrogens (tertiary/aromatic N) is 3. The number of anilines is 1. The summed E-state index contributed by atoms with van der Waals surface area (Å²) in [5, 5.41) is 7.60. The molecule has 2 aromatic rings. The number of nitrogens with one attached hydrogen (secondary N) is 1. The van der Waals surface area contributed by atoms with E-state index in [1.54, 1.807) is 0 Å². The first-order chi connectivity index (χ1) is 11.6. The minimum atomic E-state index is 0.512. The van der Waals surface area contributed by atoms with E-state index >= 15 is 0 Å². The smallest absolute Gasteiger partial charge is 0.229 e. The molecular weight excluding hydrogens is 300 g/mol. The van der Waals surface area contributed by atoms with Crippen LogP contribution in [0.5, 0.6) is 0 Å². The molecule has 1 fully saturated rings. The van der Waals surface area contributed by atoms with E-state index in [0.29, 0.717) is 24.4 Å². The third kappa shape index (κ3) is 3.05. The Hall–Kier alpha value is -1.88. The Morgan fingerprint density at radius 1 is 1.25 bits per heavy atom. The number of benzene rings is 1. The van der Waals surface area contributed by atoms with Crippen molar-refractivity contribution in [2.75, 3.05) is 5.32 Å². The average Bonchev–Trinajstić information content (AvgIpc) is 3.16. The van der Waals surface area contributed by atoms with Gasteiger partial charge in [-0.15, -0.1) is 0 Å². The molecule has 4 rings (SSSR count). The summed E-state index contributed by atoms with van der Waals surface area (Å²) >= 11 is 0. The highest BCUT2D eigenvalue weighted by atomic mass is 16.5. The number of hydrogen-bond donors (Lipinski definition) is 1. The molecule has 2 aliphatic rings. The van der Waals surface area contributed by atoms with E-state index in [1.165, 1.54) is 29.7 Å². The van der Waals surface area contributed by atoms with E-state index in [4.69, 9.17) is 4.52 Å². The molecule has 0 bridgehead atoms. The monoisotopic (exact) mass is 326 g/mol. The van der Waals surface area contributed by atoms with Crippen molar-refractivity contribution in [2.45, 2.75) is 65.2 Å². The van der Waals surface area contributed by atoms with Crippen molar-refractivity contribution in [3.05, 3.63) is 41.0 Å². The maximum absolute atomic E-state index is 5.34. The van der Waals surface area contributed by atoms with Crippen LogP contribution in [0.1, 0.15) is 62.4 Å². The molecule has 1 atom stereocenters. The lowest BCUT2D eigenvalue weighted by Crippen LogP contribution is -2.32. The minimum Gasteiger partial charge on any atom is -0.377 e. The molecule has 0 unspecified atom stereocenters. The van der Waals surface area contributed by atoms with Crippen LogP contribution in [0.25, 0.3) is 0 Å². The van der Waals surface area contributed by atoms with E-state index in [1.807, 2.05) is 0 Å². The molecule has 128 valence electrons. The van der Waals surface area contributed by atoms with Gasteiger partial charge in [0.2, 0.25) is 5.89 Å². The molecular formula is C19H26N4O. The highest BCUT2D eigenvalue weighted by molar-refractivity contribution is 5.56. The molecule has 0 radical (unpaired) electrons. The molecule has 0 spiro atoms. The van der Waals surface area contributed by atoms with Gasteiger partial charge in [0.25, 0.3) is 0 Å². The lowest BCUT2D eigenvalue weighted by atomic mass is 10.1. The minimum absolute atomic E-state index is 0.512. The summed E-state index contributed by atoms with van der Waals surface area (Å²) in [6, 6.07) is 7.12. The first kappa shape index (κ1) is 15.6. The lowest BCUT2D eigenvalue weighted by Gasteiger charge is -2.27. The Balaban J connectivity index is 1.44. The zero-order valence-electron chi connectivity index (χ0n) is 14.7. The Kier molecular flexibility index (Phi) is 4.04. The summed E-state index contributed by atoms with van der Waals surface area (Å²) in [7, 11) is 0. The standard InChI is InChI=1S/C19H26N4O/c1-12(2)13(3)23-10-15-5-4-6-17(16(15)11-23)20-9-18-21-19(24-22-18)14-7-8-14/h4-6,12-14,20H,7-11H2,1-3H3/t13-/m0/s1. The van der Waals surface area contributed by atoms with Gasteiger partial charge in [-0.3, -0.25) is 4.90 Å². The van der Waals surface area contributed by atoms with Crippen LogP contribution in [0.4, 0.5) is 5.69 Å². The fraction of sp³-hybridized carbons (Fsp3) is 0.579. The summed E-state index contributed by atoms with van der Waals surface area (Å²) in [6.45, 7) is 9.57. The van der Waals surface area contributed by atoms with Crippen LogP contribution in [0.3, 0.4) is 0 Å². The second kappa shape index (κ2) is 6.20. The third-order valence-electron chi connectivity index (χ3n) is 5.40. The number of hydrogen-bond acceptors (Lipinski definition) is 5. The molecule has 1 aromatic heterocycles. The first-order valence-electron chi connectivity index (χ1n) is 9.03. The molecule has 1 aliphatic carbocycles. The Bertz CT molecular complexity index is 720. The van der Waals surface area contributed by atoms with Gasteiger partial charge in [-0.25, -0.2) is 0 Å². The van der Waals surface area contributed by atoms with Crippen LogP contribution in [0.15, 0.2) is 22.7 Å². The van der Waals surface area contributed by atoms with E-state index in [2.05, 4.69) is 59.3 Å². The highest BCUT2D eigenvalue weighted by Crippen LogP contribution is 2.39. The zero-order chi connectivity index (χ0) is 16.7. The fourth-order valence-corrected chi connectivity index (χ4v) is 3.33. The van der Waals surface area contributed by atoms with Crippen molar-refractivity contribution in [2.24, 2.45) is 5.92 Å². The van der Waals surface area contributed by atoms with Crippen molar-refractivity contribution in [1.82, 2.24) is 15.0 Å². The highest BCUT2D eigenvalue weighted by Gasteiger charge is 2.30. The van der Waals surface area contributed by atoms with Gasteiger partial charge in [0, 0.05) is 30.7 Å². The molecule has 1 N–H and O–H groups in total.